The molecule has 1 amide bonds. The molecule has 4 N–H and O–H groups in total. The minimum atomic E-state index is -1.56. The lowest BCUT2D eigenvalue weighted by atomic mass is 9.75. The molecule has 146 valence electrons. The highest BCUT2D eigenvalue weighted by molar-refractivity contribution is 6.43. The molecule has 26 heavy (non-hydrogen) atoms. The van der Waals surface area contributed by atoms with Crippen molar-refractivity contribution in [2.75, 3.05) is 0 Å². The van der Waals surface area contributed by atoms with Crippen molar-refractivity contribution < 1.29 is 14.8 Å². The highest BCUT2D eigenvalue weighted by atomic mass is 16.4. The molecule has 0 aliphatic rings. The molecular weight excluding hydrogens is 327 g/mol. The van der Waals surface area contributed by atoms with Crippen LogP contribution in [0.1, 0.15) is 58.9 Å². The molecule has 1 rings (SSSR count). The maximum Gasteiger partial charge on any atom is 0.475 e. The average molecular weight is 362 g/mol. The number of carbonyl (C=O) groups excluding carboxylic acids is 1. The zero-order valence-corrected chi connectivity index (χ0v) is 16.6. The molecule has 0 spiro atoms. The van der Waals surface area contributed by atoms with Crippen LogP contribution < -0.4 is 10.6 Å². The Kier molecular flexibility index (Phi) is 10.6. The molecule has 1 aromatic carbocycles. The Morgan fingerprint density at radius 1 is 1.15 bits per heavy atom. The van der Waals surface area contributed by atoms with Crippen LogP contribution in [-0.4, -0.2) is 41.1 Å². The van der Waals surface area contributed by atoms with Gasteiger partial charge in [0.2, 0.25) is 5.91 Å². The van der Waals surface area contributed by atoms with Crippen LogP contribution in [0.25, 0.3) is 0 Å². The number of hydrogen-bond acceptors (Lipinski definition) is 4. The molecule has 0 aliphatic heterocycles. The molecule has 1 aromatic rings. The van der Waals surface area contributed by atoms with Crippen LogP contribution in [0.5, 0.6) is 0 Å². The second kappa shape index (κ2) is 12.1. The zero-order valence-electron chi connectivity index (χ0n) is 16.6. The first-order valence-electron chi connectivity index (χ1n) is 9.83. The van der Waals surface area contributed by atoms with Crippen LogP contribution in [0.2, 0.25) is 0 Å². The van der Waals surface area contributed by atoms with Crippen molar-refractivity contribution in [3.8, 4) is 0 Å². The fourth-order valence-corrected chi connectivity index (χ4v) is 3.16. The van der Waals surface area contributed by atoms with E-state index in [4.69, 9.17) is 0 Å². The quantitative estimate of drug-likeness (QED) is 0.430. The van der Waals surface area contributed by atoms with E-state index in [1.54, 1.807) is 0 Å². The van der Waals surface area contributed by atoms with E-state index < -0.39 is 19.1 Å². The average Bonchev–Trinajstić information content (AvgIpc) is 2.60. The van der Waals surface area contributed by atoms with Gasteiger partial charge >= 0.3 is 7.12 Å². The SMILES string of the molecule is CCCC(CC)N[C@@H](Cc1ccccc1)C(=O)N[C@@H](CC(C)C)B(O)O. The summed E-state index contributed by atoms with van der Waals surface area (Å²) in [6.45, 7) is 8.24. The smallest absolute Gasteiger partial charge is 0.426 e. The molecule has 0 radical (unpaired) electrons. The van der Waals surface area contributed by atoms with Crippen molar-refractivity contribution in [2.45, 2.75) is 77.8 Å². The monoisotopic (exact) mass is 362 g/mol. The highest BCUT2D eigenvalue weighted by Gasteiger charge is 2.29. The molecule has 6 heteroatoms. The van der Waals surface area contributed by atoms with E-state index in [0.29, 0.717) is 12.8 Å². The second-order valence-electron chi connectivity index (χ2n) is 7.46. The normalized spacial score (nSPS) is 14.7. The lowest BCUT2D eigenvalue weighted by Crippen LogP contribution is -2.55. The third-order valence-electron chi connectivity index (χ3n) is 4.58. The molecule has 0 aliphatic carbocycles. The van der Waals surface area contributed by atoms with Crippen LogP contribution in [0.15, 0.2) is 30.3 Å². The van der Waals surface area contributed by atoms with Gasteiger partial charge in [-0.2, -0.15) is 0 Å². The molecule has 0 aromatic heterocycles. The second-order valence-corrected chi connectivity index (χ2v) is 7.46. The van der Waals surface area contributed by atoms with Gasteiger partial charge in [0.15, 0.2) is 0 Å². The van der Waals surface area contributed by atoms with E-state index in [-0.39, 0.29) is 17.9 Å². The van der Waals surface area contributed by atoms with Gasteiger partial charge in [-0.3, -0.25) is 4.79 Å². The van der Waals surface area contributed by atoms with E-state index >= 15 is 0 Å². The van der Waals surface area contributed by atoms with Crippen LogP contribution >= 0.6 is 0 Å². The van der Waals surface area contributed by atoms with Crippen molar-refractivity contribution in [1.29, 1.82) is 0 Å². The standard InChI is InChI=1S/C20H35BN2O3/c1-5-10-17(6-2)22-18(14-16-11-8-7-9-12-16)20(24)23-19(21(25)26)13-15(3)4/h7-9,11-12,15,17-19,22,25-26H,5-6,10,13-14H2,1-4H3,(H,23,24)/t17?,18-,19-/m0/s1. The molecule has 1 unspecified atom stereocenters. The largest absolute Gasteiger partial charge is 0.475 e. The molecule has 0 bridgehead atoms. The van der Waals surface area contributed by atoms with Crippen molar-refractivity contribution in [3.63, 3.8) is 0 Å². The number of rotatable bonds is 12. The number of hydrogen-bond donors (Lipinski definition) is 4. The van der Waals surface area contributed by atoms with Gasteiger partial charge in [-0.1, -0.05) is 64.4 Å². The van der Waals surface area contributed by atoms with Gasteiger partial charge in [-0.15, -0.1) is 0 Å². The Balaban J connectivity index is 2.88. The number of carbonyl (C=O) groups is 1. The van der Waals surface area contributed by atoms with E-state index in [0.717, 1.165) is 24.8 Å². The van der Waals surface area contributed by atoms with Gasteiger partial charge in [-0.05, 0) is 37.2 Å². The summed E-state index contributed by atoms with van der Waals surface area (Å²) < 4.78 is 0. The van der Waals surface area contributed by atoms with Crippen molar-refractivity contribution in [1.82, 2.24) is 10.6 Å². The fraction of sp³-hybridized carbons (Fsp3) is 0.650. The Morgan fingerprint density at radius 2 is 1.81 bits per heavy atom. The lowest BCUT2D eigenvalue weighted by Gasteiger charge is -2.27. The Morgan fingerprint density at radius 3 is 2.31 bits per heavy atom. The topological polar surface area (TPSA) is 81.6 Å². The molecule has 0 saturated carbocycles. The van der Waals surface area contributed by atoms with Crippen molar-refractivity contribution in [2.24, 2.45) is 5.92 Å². The first-order chi connectivity index (χ1) is 12.4. The summed E-state index contributed by atoms with van der Waals surface area (Å²) in [4.78, 5) is 12.9. The van der Waals surface area contributed by atoms with Gasteiger partial charge in [0.25, 0.3) is 0 Å². The third-order valence-corrected chi connectivity index (χ3v) is 4.58. The highest BCUT2D eigenvalue weighted by Crippen LogP contribution is 2.10. The number of nitrogens with one attached hydrogen (secondary N) is 2. The number of amides is 1. The summed E-state index contributed by atoms with van der Waals surface area (Å²) >= 11 is 0. The van der Waals surface area contributed by atoms with E-state index in [1.807, 2.05) is 44.2 Å². The first-order valence-corrected chi connectivity index (χ1v) is 9.83. The Hall–Kier alpha value is -1.37. The van der Waals surface area contributed by atoms with Gasteiger partial charge in [0, 0.05) is 6.04 Å². The molecule has 3 atom stereocenters. The molecule has 0 heterocycles. The van der Waals surface area contributed by atoms with Crippen LogP contribution in [-0.2, 0) is 11.2 Å². The summed E-state index contributed by atoms with van der Waals surface area (Å²) in [5, 5.41) is 25.5. The predicted octanol–water partition coefficient (Wildman–Crippen LogP) is 2.31. The van der Waals surface area contributed by atoms with Gasteiger partial charge in [-0.25, -0.2) is 0 Å². The summed E-state index contributed by atoms with van der Waals surface area (Å²) in [5.74, 6) is -0.581. The maximum absolute atomic E-state index is 12.9. The van der Waals surface area contributed by atoms with Gasteiger partial charge in [0.05, 0.1) is 12.0 Å². The summed E-state index contributed by atoms with van der Waals surface area (Å²) in [5.41, 5.74) is 1.08. The zero-order chi connectivity index (χ0) is 19.5. The Bertz CT molecular complexity index is 511. The first kappa shape index (κ1) is 22.7. The van der Waals surface area contributed by atoms with Crippen LogP contribution in [0, 0.1) is 5.92 Å². The fourth-order valence-electron chi connectivity index (χ4n) is 3.16. The van der Waals surface area contributed by atoms with Crippen LogP contribution in [0.3, 0.4) is 0 Å². The summed E-state index contributed by atoms with van der Waals surface area (Å²) in [7, 11) is -1.56. The van der Waals surface area contributed by atoms with E-state index in [2.05, 4.69) is 24.5 Å². The van der Waals surface area contributed by atoms with Crippen LogP contribution in [0.4, 0.5) is 0 Å². The maximum atomic E-state index is 12.9. The van der Waals surface area contributed by atoms with Crippen molar-refractivity contribution in [3.05, 3.63) is 35.9 Å². The minimum Gasteiger partial charge on any atom is -0.426 e. The Labute approximate surface area is 158 Å². The number of benzene rings is 1. The molecular formula is C20H35BN2O3. The van der Waals surface area contributed by atoms with Gasteiger partial charge < -0.3 is 20.7 Å². The van der Waals surface area contributed by atoms with E-state index in [1.165, 1.54) is 0 Å². The molecule has 0 saturated heterocycles. The predicted molar refractivity (Wildman–Crippen MR) is 108 cm³/mol. The lowest BCUT2D eigenvalue weighted by molar-refractivity contribution is -0.123. The molecule has 5 nitrogen and oxygen atoms in total. The third kappa shape index (κ3) is 8.34. The van der Waals surface area contributed by atoms with Gasteiger partial charge in [0.1, 0.15) is 0 Å². The minimum absolute atomic E-state index is 0.179. The van der Waals surface area contributed by atoms with Crippen molar-refractivity contribution >= 4 is 13.0 Å². The van der Waals surface area contributed by atoms with E-state index in [9.17, 15) is 14.8 Å². The summed E-state index contributed by atoms with van der Waals surface area (Å²) in [6, 6.07) is 9.77. The summed E-state index contributed by atoms with van der Waals surface area (Å²) in [6.07, 6.45) is 4.10. The molecule has 0 fully saturated rings.